The van der Waals surface area contributed by atoms with E-state index in [4.69, 9.17) is 5.73 Å². The summed E-state index contributed by atoms with van der Waals surface area (Å²) < 4.78 is 2.26. The topological polar surface area (TPSA) is 297 Å². The van der Waals surface area contributed by atoms with Gasteiger partial charge in [-0.2, -0.15) is 20.1 Å². The second-order valence-electron chi connectivity index (χ2n) is 9.51. The molecule has 0 aliphatic carbocycles. The Hall–Kier alpha value is -7.49. The molecule has 0 atom stereocenters. The predicted molar refractivity (Wildman–Crippen MR) is 158 cm³/mol. The van der Waals surface area contributed by atoms with E-state index in [0.29, 0.717) is 0 Å². The third kappa shape index (κ3) is 6.27. The second-order valence-corrected chi connectivity index (χ2v) is 9.51. The van der Waals surface area contributed by atoms with Gasteiger partial charge in [0, 0.05) is 5.69 Å². The lowest BCUT2D eigenvalue weighted by molar-refractivity contribution is 0.0676. The van der Waals surface area contributed by atoms with Crippen molar-refractivity contribution in [3.63, 3.8) is 0 Å². The fourth-order valence-corrected chi connectivity index (χ4v) is 4.21. The minimum absolute atomic E-state index is 0.00372. The number of aromatic nitrogens is 6. The van der Waals surface area contributed by atoms with Crippen molar-refractivity contribution in [3.8, 4) is 17.6 Å². The lowest BCUT2D eigenvalue weighted by Gasteiger charge is -2.09. The zero-order valence-electron chi connectivity index (χ0n) is 23.7. The molecule has 3 heterocycles. The number of azo groups is 1. The lowest BCUT2D eigenvalue weighted by Crippen LogP contribution is -2.07. The van der Waals surface area contributed by atoms with Crippen molar-refractivity contribution in [2.45, 2.75) is 6.92 Å². The van der Waals surface area contributed by atoms with E-state index in [1.54, 1.807) is 6.92 Å². The number of benzene rings is 2. The lowest BCUT2D eigenvalue weighted by atomic mass is 10.1. The number of hydrogen-bond donors (Lipinski definition) is 6. The highest BCUT2D eigenvalue weighted by Crippen LogP contribution is 2.32. The molecule has 7 N–H and O–H groups in total. The molecule has 0 bridgehead atoms. The van der Waals surface area contributed by atoms with Crippen molar-refractivity contribution in [1.82, 2.24) is 29.5 Å². The van der Waals surface area contributed by atoms with E-state index in [1.165, 1.54) is 29.2 Å². The summed E-state index contributed by atoms with van der Waals surface area (Å²) in [5.74, 6) is -5.30. The molecule has 0 saturated heterocycles. The van der Waals surface area contributed by atoms with Crippen LogP contribution in [0.5, 0.6) is 0 Å². The Labute approximate surface area is 261 Å². The zero-order valence-corrected chi connectivity index (χ0v) is 23.7. The molecule has 5 rings (SSSR count). The molecule has 0 saturated carbocycles. The van der Waals surface area contributed by atoms with Crippen LogP contribution in [0, 0.1) is 18.3 Å². The van der Waals surface area contributed by atoms with E-state index in [0.717, 1.165) is 35.1 Å². The summed E-state index contributed by atoms with van der Waals surface area (Å²) in [6.45, 7) is 1.57. The SMILES string of the molecule is Cc1nn(-c2cnc(Nc3cc(C(=O)O)cc(C(=O)O)c3)cn2)c(N)c1N=Nc1c(C#N)cnn1-c1cc(C(=O)O)cc(C(=O)O)c1. The van der Waals surface area contributed by atoms with Crippen molar-refractivity contribution < 1.29 is 39.6 Å². The number of nitrogens with one attached hydrogen (secondary N) is 1. The van der Waals surface area contributed by atoms with Crippen LogP contribution in [-0.2, 0) is 0 Å². The molecule has 2 aromatic carbocycles. The number of nitrogen functional groups attached to an aromatic ring is 1. The number of rotatable bonds is 10. The first-order valence-corrected chi connectivity index (χ1v) is 12.9. The van der Waals surface area contributed by atoms with Gasteiger partial charge in [0.2, 0.25) is 0 Å². The molecule has 0 spiro atoms. The number of aromatic carboxylic acids is 4. The standard InChI is InChI=1S/C28H19N11O8/c1-12-22(35-36-24-17(8-29)9-33-38(24)19-6-15(27(44)45)3-16(7-19)28(46)47)23(30)39(37-12)21-11-31-20(10-32-21)34-18-4-13(25(40)41)2-14(5-18)26(42)43/h2-7,9-11H,30H2,1H3,(H,31,34)(H,40,41)(H,42,43)(H,44,45)(H,46,47). The Morgan fingerprint density at radius 3 is 1.89 bits per heavy atom. The van der Waals surface area contributed by atoms with Gasteiger partial charge in [-0.25, -0.2) is 33.8 Å². The van der Waals surface area contributed by atoms with Crippen molar-refractivity contribution in [3.05, 3.63) is 88.5 Å². The van der Waals surface area contributed by atoms with Crippen molar-refractivity contribution in [1.29, 1.82) is 5.26 Å². The number of nitriles is 1. The Bertz CT molecular complexity index is 2110. The minimum atomic E-state index is -1.38. The Balaban J connectivity index is 1.45. The maximum atomic E-state index is 11.6. The van der Waals surface area contributed by atoms with Crippen molar-refractivity contribution in [2.75, 3.05) is 11.1 Å². The summed E-state index contributed by atoms with van der Waals surface area (Å²) >= 11 is 0. The largest absolute Gasteiger partial charge is 0.478 e. The molecular weight excluding hydrogens is 618 g/mol. The van der Waals surface area contributed by atoms with Gasteiger partial charge in [0.25, 0.3) is 0 Å². The van der Waals surface area contributed by atoms with Crippen LogP contribution in [0.1, 0.15) is 52.7 Å². The van der Waals surface area contributed by atoms with Crippen LogP contribution in [-0.4, -0.2) is 73.8 Å². The third-order valence-electron chi connectivity index (χ3n) is 6.38. The molecule has 5 aromatic rings. The number of carboxylic acid groups (broad SMARTS) is 4. The highest BCUT2D eigenvalue weighted by molar-refractivity contribution is 5.96. The molecule has 47 heavy (non-hydrogen) atoms. The number of aryl methyl sites for hydroxylation is 1. The first-order valence-electron chi connectivity index (χ1n) is 12.9. The number of nitrogens with zero attached hydrogens (tertiary/aromatic N) is 9. The molecule has 0 radical (unpaired) electrons. The Morgan fingerprint density at radius 2 is 1.38 bits per heavy atom. The first-order chi connectivity index (χ1) is 22.4. The van der Waals surface area contributed by atoms with Crippen LogP contribution in [0.4, 0.5) is 28.8 Å². The molecular formula is C28H19N11O8. The Morgan fingerprint density at radius 1 is 0.809 bits per heavy atom. The summed E-state index contributed by atoms with van der Waals surface area (Å²) in [5, 5.41) is 66.5. The number of nitrogens with two attached hydrogens (primary N) is 1. The summed E-state index contributed by atoms with van der Waals surface area (Å²) in [5.41, 5.74) is 5.56. The van der Waals surface area contributed by atoms with Gasteiger partial charge in [-0.15, -0.1) is 10.2 Å². The van der Waals surface area contributed by atoms with Gasteiger partial charge in [-0.3, -0.25) is 0 Å². The van der Waals surface area contributed by atoms with E-state index < -0.39 is 23.9 Å². The maximum absolute atomic E-state index is 11.6. The van der Waals surface area contributed by atoms with E-state index in [-0.39, 0.29) is 73.8 Å². The van der Waals surface area contributed by atoms with Crippen LogP contribution in [0.3, 0.4) is 0 Å². The number of anilines is 3. The maximum Gasteiger partial charge on any atom is 0.335 e. The molecule has 3 aromatic heterocycles. The number of carboxylic acids is 4. The second kappa shape index (κ2) is 12.2. The first kappa shape index (κ1) is 31.0. The molecule has 0 aliphatic rings. The van der Waals surface area contributed by atoms with Gasteiger partial charge >= 0.3 is 23.9 Å². The summed E-state index contributed by atoms with van der Waals surface area (Å²) in [6, 6.07) is 8.66. The molecule has 0 amide bonds. The van der Waals surface area contributed by atoms with Gasteiger partial charge in [-0.1, -0.05) is 0 Å². The molecule has 0 unspecified atom stereocenters. The fraction of sp³-hybridized carbons (Fsp3) is 0.0357. The van der Waals surface area contributed by atoms with E-state index in [9.17, 15) is 44.9 Å². The van der Waals surface area contributed by atoms with Gasteiger partial charge in [0.15, 0.2) is 23.1 Å². The van der Waals surface area contributed by atoms with Gasteiger partial charge in [0.1, 0.15) is 17.5 Å². The van der Waals surface area contributed by atoms with Gasteiger partial charge in [0.05, 0.1) is 52.2 Å². The van der Waals surface area contributed by atoms with Crippen molar-refractivity contribution in [2.24, 2.45) is 10.2 Å². The molecule has 19 nitrogen and oxygen atoms in total. The number of hydrogen-bond acceptors (Lipinski definition) is 13. The van der Waals surface area contributed by atoms with Crippen LogP contribution < -0.4 is 11.1 Å². The summed E-state index contributed by atoms with van der Waals surface area (Å²) in [4.78, 5) is 54.4. The summed E-state index contributed by atoms with van der Waals surface area (Å²) in [6.07, 6.45) is 3.70. The van der Waals surface area contributed by atoms with Gasteiger partial charge < -0.3 is 31.5 Å². The van der Waals surface area contributed by atoms with E-state index in [1.807, 2.05) is 6.07 Å². The Kier molecular flexibility index (Phi) is 8.07. The van der Waals surface area contributed by atoms with E-state index >= 15 is 0 Å². The minimum Gasteiger partial charge on any atom is -0.478 e. The normalized spacial score (nSPS) is 10.9. The highest BCUT2D eigenvalue weighted by atomic mass is 16.4. The molecule has 0 aliphatic heterocycles. The molecule has 234 valence electrons. The molecule has 19 heteroatoms. The van der Waals surface area contributed by atoms with Gasteiger partial charge in [-0.05, 0) is 43.3 Å². The zero-order chi connectivity index (χ0) is 34.0. The quantitative estimate of drug-likeness (QED) is 0.119. The van der Waals surface area contributed by atoms with Crippen LogP contribution in [0.15, 0.2) is 65.2 Å². The van der Waals surface area contributed by atoms with Crippen LogP contribution in [0.25, 0.3) is 11.5 Å². The van der Waals surface area contributed by atoms with Crippen molar-refractivity contribution >= 4 is 52.7 Å². The third-order valence-corrected chi connectivity index (χ3v) is 6.38. The van der Waals surface area contributed by atoms with Crippen LogP contribution >= 0.6 is 0 Å². The summed E-state index contributed by atoms with van der Waals surface area (Å²) in [7, 11) is 0. The fourth-order valence-electron chi connectivity index (χ4n) is 4.21. The van der Waals surface area contributed by atoms with E-state index in [2.05, 4.69) is 35.7 Å². The average molecular weight is 638 g/mol. The molecule has 0 fully saturated rings. The predicted octanol–water partition coefficient (Wildman–Crippen LogP) is 3.56. The number of carbonyl (C=O) groups is 4. The monoisotopic (exact) mass is 637 g/mol. The smallest absolute Gasteiger partial charge is 0.335 e. The highest BCUT2D eigenvalue weighted by Gasteiger charge is 2.20. The average Bonchev–Trinajstić information content (AvgIpc) is 3.58. The van der Waals surface area contributed by atoms with Crippen LogP contribution in [0.2, 0.25) is 0 Å².